The Morgan fingerprint density at radius 1 is 1.12 bits per heavy atom. The lowest BCUT2D eigenvalue weighted by molar-refractivity contribution is -0.387. The van der Waals surface area contributed by atoms with Crippen LogP contribution in [-0.4, -0.2) is 33.9 Å². The molecule has 0 bridgehead atoms. The number of rotatable bonds is 6. The van der Waals surface area contributed by atoms with Crippen LogP contribution in [0.5, 0.6) is 5.75 Å². The largest absolute Gasteiger partial charge is 0.465 e. The van der Waals surface area contributed by atoms with E-state index in [1.165, 1.54) is 55.6 Å². The van der Waals surface area contributed by atoms with Crippen molar-refractivity contribution in [3.63, 3.8) is 0 Å². The van der Waals surface area contributed by atoms with Gasteiger partial charge in [0.25, 0.3) is 5.69 Å². The number of methoxy groups -OCH3 is 1. The van der Waals surface area contributed by atoms with Crippen LogP contribution in [0.1, 0.15) is 10.4 Å². The average Bonchev–Trinajstić information content (AvgIpc) is 2.61. The second-order valence-corrected chi connectivity index (χ2v) is 6.12. The summed E-state index contributed by atoms with van der Waals surface area (Å²) in [6.07, 6.45) is 0. The molecule has 2 aromatic carbocycles. The van der Waals surface area contributed by atoms with E-state index < -0.39 is 33.4 Å². The monoisotopic (exact) mass is 363 g/mol. The third-order valence-corrected chi connectivity index (χ3v) is 4.40. The van der Waals surface area contributed by atoms with Crippen molar-refractivity contribution in [3.05, 3.63) is 64.2 Å². The number of nitrogens with zero attached hydrogens (tertiary/aromatic N) is 1. The molecule has 1 atom stereocenters. The van der Waals surface area contributed by atoms with Crippen molar-refractivity contribution >= 4 is 28.4 Å². The van der Waals surface area contributed by atoms with Crippen molar-refractivity contribution in [2.75, 3.05) is 12.9 Å². The maximum atomic E-state index is 12.2. The van der Waals surface area contributed by atoms with Gasteiger partial charge in [0.1, 0.15) is 16.4 Å². The van der Waals surface area contributed by atoms with Crippen LogP contribution in [0.4, 0.5) is 5.69 Å². The molecule has 0 aromatic heterocycles. The van der Waals surface area contributed by atoms with Gasteiger partial charge in [-0.1, -0.05) is 12.1 Å². The highest BCUT2D eigenvalue weighted by Gasteiger charge is 2.21. The molecule has 0 saturated heterocycles. The van der Waals surface area contributed by atoms with Gasteiger partial charge in [0.2, 0.25) is 0 Å². The Morgan fingerprint density at radius 3 is 2.36 bits per heavy atom. The topological polar surface area (TPSA) is 113 Å². The predicted octanol–water partition coefficient (Wildman–Crippen LogP) is 2.09. The van der Waals surface area contributed by atoms with Gasteiger partial charge in [0.15, 0.2) is 0 Å². The van der Waals surface area contributed by atoms with E-state index in [1.807, 2.05) is 0 Å². The number of nitro benzene ring substituents is 1. The number of carbonyl (C=O) groups excluding carboxylic acids is 2. The lowest BCUT2D eigenvalue weighted by Crippen LogP contribution is -2.17. The number of nitro groups is 1. The Balaban J connectivity index is 2.04. The van der Waals surface area contributed by atoms with Gasteiger partial charge in [-0.3, -0.25) is 19.1 Å². The zero-order chi connectivity index (χ0) is 18.4. The van der Waals surface area contributed by atoms with Crippen molar-refractivity contribution in [1.29, 1.82) is 0 Å². The maximum absolute atomic E-state index is 12.2. The third-order valence-electron chi connectivity index (χ3n) is 3.06. The molecule has 0 unspecified atom stereocenters. The molecule has 0 saturated carbocycles. The molecule has 0 N–H and O–H groups in total. The summed E-state index contributed by atoms with van der Waals surface area (Å²) < 4.78 is 21.8. The Kier molecular flexibility index (Phi) is 5.96. The van der Waals surface area contributed by atoms with Gasteiger partial charge in [-0.05, 0) is 30.3 Å². The number of ether oxygens (including phenoxy) is 2. The predicted molar refractivity (Wildman–Crippen MR) is 87.8 cm³/mol. The number of benzene rings is 2. The molecule has 0 aliphatic carbocycles. The van der Waals surface area contributed by atoms with Crippen LogP contribution in [-0.2, 0) is 20.3 Å². The summed E-state index contributed by atoms with van der Waals surface area (Å²) in [5.74, 6) is -1.74. The fraction of sp³-hybridized carbons (Fsp3) is 0.125. The van der Waals surface area contributed by atoms with Crippen LogP contribution in [0.25, 0.3) is 0 Å². The molecule has 9 heteroatoms. The smallest absolute Gasteiger partial charge is 0.337 e. The summed E-state index contributed by atoms with van der Waals surface area (Å²) in [6.45, 7) is 0. The zero-order valence-electron chi connectivity index (χ0n) is 13.0. The summed E-state index contributed by atoms with van der Waals surface area (Å²) in [7, 11) is -0.678. The minimum atomic E-state index is -1.92. The van der Waals surface area contributed by atoms with Crippen LogP contribution in [0, 0.1) is 10.1 Å². The fourth-order valence-corrected chi connectivity index (χ4v) is 2.96. The van der Waals surface area contributed by atoms with Crippen molar-refractivity contribution in [1.82, 2.24) is 0 Å². The third kappa shape index (κ3) is 4.70. The van der Waals surface area contributed by atoms with Crippen LogP contribution in [0.15, 0.2) is 53.4 Å². The molecule has 0 spiro atoms. The van der Waals surface area contributed by atoms with E-state index in [2.05, 4.69) is 4.74 Å². The number of hydrogen-bond acceptors (Lipinski definition) is 7. The second-order valence-electron chi connectivity index (χ2n) is 4.70. The highest BCUT2D eigenvalue weighted by molar-refractivity contribution is 7.85. The normalized spacial score (nSPS) is 11.4. The quantitative estimate of drug-likeness (QED) is 0.334. The molecular weight excluding hydrogens is 350 g/mol. The van der Waals surface area contributed by atoms with E-state index in [4.69, 9.17) is 4.74 Å². The van der Waals surface area contributed by atoms with E-state index >= 15 is 0 Å². The van der Waals surface area contributed by atoms with E-state index in [-0.39, 0.29) is 21.9 Å². The molecule has 2 rings (SSSR count). The van der Waals surface area contributed by atoms with E-state index in [0.717, 1.165) is 0 Å². The SMILES string of the molecule is COC(=O)c1ccc(OC(=O)C[S@@](=O)c2ccccc2[N+](=O)[O-])cc1. The first-order valence-electron chi connectivity index (χ1n) is 6.93. The van der Waals surface area contributed by atoms with E-state index in [9.17, 15) is 23.9 Å². The first-order valence-corrected chi connectivity index (χ1v) is 8.25. The van der Waals surface area contributed by atoms with Crippen LogP contribution in [0.2, 0.25) is 0 Å². The highest BCUT2D eigenvalue weighted by atomic mass is 32.2. The molecule has 0 radical (unpaired) electrons. The van der Waals surface area contributed by atoms with Crippen LogP contribution in [0.3, 0.4) is 0 Å². The molecule has 0 fully saturated rings. The van der Waals surface area contributed by atoms with E-state index in [0.29, 0.717) is 0 Å². The zero-order valence-corrected chi connectivity index (χ0v) is 13.9. The van der Waals surface area contributed by atoms with Crippen LogP contribution < -0.4 is 4.74 Å². The summed E-state index contributed by atoms with van der Waals surface area (Å²) in [6, 6.07) is 11.1. The summed E-state index contributed by atoms with van der Waals surface area (Å²) in [4.78, 5) is 33.4. The van der Waals surface area contributed by atoms with Gasteiger partial charge in [-0.25, -0.2) is 4.79 Å². The van der Waals surface area contributed by atoms with Crippen molar-refractivity contribution < 1.29 is 28.2 Å². The Hall–Kier alpha value is -3.07. The van der Waals surface area contributed by atoms with Crippen molar-refractivity contribution in [2.24, 2.45) is 0 Å². The molecule has 0 aliphatic rings. The van der Waals surface area contributed by atoms with Gasteiger partial charge < -0.3 is 9.47 Å². The van der Waals surface area contributed by atoms with Gasteiger partial charge >= 0.3 is 11.9 Å². The van der Waals surface area contributed by atoms with Gasteiger partial charge in [-0.2, -0.15) is 0 Å². The molecule has 0 heterocycles. The molecule has 2 aromatic rings. The Bertz CT molecular complexity index is 833. The molecular formula is C16H13NO7S. The minimum absolute atomic E-state index is 0.0505. The average molecular weight is 363 g/mol. The fourth-order valence-electron chi connectivity index (χ4n) is 1.92. The number of carbonyl (C=O) groups is 2. The minimum Gasteiger partial charge on any atom is -0.465 e. The number of para-hydroxylation sites is 1. The lowest BCUT2D eigenvalue weighted by atomic mass is 10.2. The molecule has 130 valence electrons. The molecule has 25 heavy (non-hydrogen) atoms. The van der Waals surface area contributed by atoms with E-state index in [1.54, 1.807) is 0 Å². The first-order chi connectivity index (χ1) is 11.9. The lowest BCUT2D eigenvalue weighted by Gasteiger charge is -2.06. The first kappa shape index (κ1) is 18.3. The highest BCUT2D eigenvalue weighted by Crippen LogP contribution is 2.22. The van der Waals surface area contributed by atoms with Gasteiger partial charge in [0.05, 0.1) is 28.4 Å². The second kappa shape index (κ2) is 8.15. The Labute approximate surface area is 145 Å². The maximum Gasteiger partial charge on any atom is 0.337 e. The molecule has 0 amide bonds. The van der Waals surface area contributed by atoms with Crippen molar-refractivity contribution in [3.8, 4) is 5.75 Å². The van der Waals surface area contributed by atoms with Gasteiger partial charge in [0, 0.05) is 6.07 Å². The standard InChI is InChI=1S/C16H13NO7S/c1-23-16(19)11-6-8-12(9-7-11)24-15(18)10-25(22)14-5-3-2-4-13(14)17(20)21/h2-9H,10H2,1H3/t25-/m1/s1. The summed E-state index contributed by atoms with van der Waals surface area (Å²) in [5, 5.41) is 10.9. The Morgan fingerprint density at radius 2 is 1.76 bits per heavy atom. The number of hydrogen-bond donors (Lipinski definition) is 0. The number of esters is 2. The molecule has 8 nitrogen and oxygen atoms in total. The summed E-state index contributed by atoms with van der Waals surface area (Å²) in [5.41, 5.74) is -0.0400. The summed E-state index contributed by atoms with van der Waals surface area (Å²) >= 11 is 0. The van der Waals surface area contributed by atoms with Crippen LogP contribution >= 0.6 is 0 Å². The molecule has 0 aliphatic heterocycles. The van der Waals surface area contributed by atoms with Crippen molar-refractivity contribution in [2.45, 2.75) is 4.90 Å². The van der Waals surface area contributed by atoms with Gasteiger partial charge in [-0.15, -0.1) is 0 Å².